The van der Waals surface area contributed by atoms with E-state index in [2.05, 4.69) is 4.98 Å². The fourth-order valence-electron chi connectivity index (χ4n) is 3.15. The molecule has 0 saturated carbocycles. The smallest absolute Gasteiger partial charge is 0.245 e. The second kappa shape index (κ2) is 6.96. The van der Waals surface area contributed by atoms with Gasteiger partial charge in [-0.05, 0) is 19.8 Å². The molecule has 0 unspecified atom stereocenters. The molecule has 0 N–H and O–H groups in total. The van der Waals surface area contributed by atoms with Crippen molar-refractivity contribution in [2.24, 2.45) is 0 Å². The van der Waals surface area contributed by atoms with E-state index in [1.807, 2.05) is 52.9 Å². The van der Waals surface area contributed by atoms with Crippen molar-refractivity contribution < 1.29 is 9.53 Å². The molecule has 2 heterocycles. The van der Waals surface area contributed by atoms with Crippen LogP contribution in [0.3, 0.4) is 0 Å². The average Bonchev–Trinajstić information content (AvgIpc) is 3.11. The van der Waals surface area contributed by atoms with E-state index < -0.39 is 0 Å². The Kier molecular flexibility index (Phi) is 4.76. The van der Waals surface area contributed by atoms with Crippen LogP contribution in [0.15, 0.2) is 42.7 Å². The third-order valence-corrected chi connectivity index (χ3v) is 4.50. The zero-order valence-corrected chi connectivity index (χ0v) is 13.7. The van der Waals surface area contributed by atoms with Crippen LogP contribution >= 0.6 is 0 Å². The highest BCUT2D eigenvalue weighted by molar-refractivity contribution is 5.81. The number of benzene rings is 1. The van der Waals surface area contributed by atoms with Crippen molar-refractivity contribution in [1.82, 2.24) is 14.5 Å². The van der Waals surface area contributed by atoms with Crippen molar-refractivity contribution in [2.75, 3.05) is 20.2 Å². The molecule has 5 heteroatoms. The highest BCUT2D eigenvalue weighted by Crippen LogP contribution is 2.23. The van der Waals surface area contributed by atoms with Gasteiger partial charge in [-0.25, -0.2) is 4.98 Å². The minimum Gasteiger partial charge on any atom is -0.380 e. The van der Waals surface area contributed by atoms with Gasteiger partial charge in [-0.15, -0.1) is 0 Å². The van der Waals surface area contributed by atoms with Crippen LogP contribution in [-0.2, 0) is 9.53 Å². The van der Waals surface area contributed by atoms with Gasteiger partial charge in [0.15, 0.2) is 0 Å². The van der Waals surface area contributed by atoms with Gasteiger partial charge < -0.3 is 14.2 Å². The number of methoxy groups -OCH3 is 1. The molecular formula is C18H23N3O2. The number of hydrogen-bond acceptors (Lipinski definition) is 3. The van der Waals surface area contributed by atoms with Crippen molar-refractivity contribution in [1.29, 1.82) is 0 Å². The number of carbonyl (C=O) groups is 1. The van der Waals surface area contributed by atoms with Crippen molar-refractivity contribution in [2.45, 2.75) is 31.9 Å². The first-order chi connectivity index (χ1) is 11.2. The Morgan fingerprint density at radius 3 is 2.87 bits per heavy atom. The quantitative estimate of drug-likeness (QED) is 0.872. The van der Waals surface area contributed by atoms with E-state index in [1.54, 1.807) is 13.3 Å². The molecule has 1 saturated heterocycles. The van der Waals surface area contributed by atoms with Gasteiger partial charge in [-0.1, -0.05) is 30.3 Å². The van der Waals surface area contributed by atoms with Gasteiger partial charge in [0.1, 0.15) is 11.9 Å². The molecule has 2 atom stereocenters. The van der Waals surface area contributed by atoms with Crippen molar-refractivity contribution in [3.63, 3.8) is 0 Å². The first-order valence-corrected chi connectivity index (χ1v) is 8.10. The molecule has 0 radical (unpaired) electrons. The summed E-state index contributed by atoms with van der Waals surface area (Å²) in [5.74, 6) is 0.952. The van der Waals surface area contributed by atoms with Gasteiger partial charge in [0.05, 0.1) is 6.10 Å². The van der Waals surface area contributed by atoms with E-state index in [4.69, 9.17) is 4.74 Å². The summed E-state index contributed by atoms with van der Waals surface area (Å²) < 4.78 is 7.37. The van der Waals surface area contributed by atoms with Crippen LogP contribution in [0.2, 0.25) is 0 Å². The zero-order chi connectivity index (χ0) is 16.2. The number of piperidine rings is 1. The highest BCUT2D eigenvalue weighted by Gasteiger charge is 2.28. The number of likely N-dealkylation sites (tertiary alicyclic amines) is 1. The lowest BCUT2D eigenvalue weighted by Gasteiger charge is -2.34. The Labute approximate surface area is 136 Å². The summed E-state index contributed by atoms with van der Waals surface area (Å²) >= 11 is 0. The topological polar surface area (TPSA) is 47.4 Å². The molecule has 1 aromatic carbocycles. The van der Waals surface area contributed by atoms with E-state index in [0.717, 1.165) is 30.8 Å². The number of amides is 1. The Morgan fingerprint density at radius 2 is 2.13 bits per heavy atom. The molecule has 0 aliphatic carbocycles. The minimum absolute atomic E-state index is 0.127. The van der Waals surface area contributed by atoms with Crippen LogP contribution in [0.25, 0.3) is 11.4 Å². The second-order valence-electron chi connectivity index (χ2n) is 5.98. The predicted octanol–water partition coefficient (Wildman–Crippen LogP) is 2.75. The second-order valence-corrected chi connectivity index (χ2v) is 5.98. The summed E-state index contributed by atoms with van der Waals surface area (Å²) in [7, 11) is 1.71. The lowest BCUT2D eigenvalue weighted by molar-refractivity contribution is -0.137. The fraction of sp³-hybridized carbons (Fsp3) is 0.444. The van der Waals surface area contributed by atoms with Gasteiger partial charge in [0, 0.05) is 38.2 Å². The molecular weight excluding hydrogens is 290 g/mol. The molecule has 5 nitrogen and oxygen atoms in total. The SMILES string of the molecule is CO[C@H]1CCCN(C(=O)[C@H](C)n2ccnc2-c2ccccc2)C1. The molecule has 1 aromatic heterocycles. The molecule has 2 aromatic rings. The summed E-state index contributed by atoms with van der Waals surface area (Å²) in [5.41, 5.74) is 1.02. The summed E-state index contributed by atoms with van der Waals surface area (Å²) in [5, 5.41) is 0. The number of imidazole rings is 1. The van der Waals surface area contributed by atoms with Gasteiger partial charge in [-0.2, -0.15) is 0 Å². The Balaban J connectivity index is 1.80. The minimum atomic E-state index is -0.275. The van der Waals surface area contributed by atoms with Crippen LogP contribution in [-0.4, -0.2) is 46.7 Å². The Morgan fingerprint density at radius 1 is 1.35 bits per heavy atom. The third kappa shape index (κ3) is 3.29. The molecule has 122 valence electrons. The first kappa shape index (κ1) is 15.7. The van der Waals surface area contributed by atoms with Crippen LogP contribution in [0.4, 0.5) is 0 Å². The van der Waals surface area contributed by atoms with Gasteiger partial charge in [0.2, 0.25) is 5.91 Å². The normalized spacial score (nSPS) is 19.6. The zero-order valence-electron chi connectivity index (χ0n) is 13.7. The number of rotatable bonds is 4. The van der Waals surface area contributed by atoms with E-state index in [1.165, 1.54) is 0 Å². The van der Waals surface area contributed by atoms with E-state index in [-0.39, 0.29) is 18.1 Å². The van der Waals surface area contributed by atoms with Gasteiger partial charge in [0.25, 0.3) is 0 Å². The van der Waals surface area contributed by atoms with Gasteiger partial charge >= 0.3 is 0 Å². The van der Waals surface area contributed by atoms with Crippen molar-refractivity contribution in [3.05, 3.63) is 42.7 Å². The van der Waals surface area contributed by atoms with Gasteiger partial charge in [-0.3, -0.25) is 4.79 Å². The molecule has 23 heavy (non-hydrogen) atoms. The van der Waals surface area contributed by atoms with Crippen LogP contribution < -0.4 is 0 Å². The Hall–Kier alpha value is -2.14. The van der Waals surface area contributed by atoms with Crippen LogP contribution in [0.5, 0.6) is 0 Å². The van der Waals surface area contributed by atoms with E-state index in [9.17, 15) is 4.79 Å². The summed E-state index contributed by atoms with van der Waals surface area (Å²) in [6, 6.07) is 9.69. The fourth-order valence-corrected chi connectivity index (χ4v) is 3.15. The standard InChI is InChI=1S/C18H23N3O2/c1-14(18(22)20-11-6-9-16(13-20)23-2)21-12-10-19-17(21)15-7-4-3-5-8-15/h3-5,7-8,10,12,14,16H,6,9,11,13H2,1-2H3/t14-,16-/m0/s1. The Bertz CT molecular complexity index is 653. The summed E-state index contributed by atoms with van der Waals surface area (Å²) in [6.07, 6.45) is 5.79. The molecule has 3 rings (SSSR count). The number of hydrogen-bond donors (Lipinski definition) is 0. The maximum absolute atomic E-state index is 12.9. The molecule has 0 spiro atoms. The lowest BCUT2D eigenvalue weighted by atomic mass is 10.1. The largest absolute Gasteiger partial charge is 0.380 e. The predicted molar refractivity (Wildman–Crippen MR) is 89.0 cm³/mol. The molecule has 1 fully saturated rings. The molecule has 0 bridgehead atoms. The van der Waals surface area contributed by atoms with Crippen LogP contribution in [0.1, 0.15) is 25.8 Å². The van der Waals surface area contributed by atoms with Crippen molar-refractivity contribution in [3.8, 4) is 11.4 Å². The van der Waals surface area contributed by atoms with Crippen LogP contribution in [0, 0.1) is 0 Å². The van der Waals surface area contributed by atoms with E-state index in [0.29, 0.717) is 6.54 Å². The first-order valence-electron chi connectivity index (χ1n) is 8.10. The summed E-state index contributed by atoms with van der Waals surface area (Å²) in [6.45, 7) is 3.42. The maximum atomic E-state index is 12.9. The highest BCUT2D eigenvalue weighted by atomic mass is 16.5. The molecule has 1 amide bonds. The number of ether oxygens (including phenoxy) is 1. The number of aromatic nitrogens is 2. The average molecular weight is 313 g/mol. The monoisotopic (exact) mass is 313 g/mol. The maximum Gasteiger partial charge on any atom is 0.245 e. The van der Waals surface area contributed by atoms with Crippen molar-refractivity contribution >= 4 is 5.91 Å². The third-order valence-electron chi connectivity index (χ3n) is 4.50. The molecule has 1 aliphatic heterocycles. The lowest BCUT2D eigenvalue weighted by Crippen LogP contribution is -2.45. The number of carbonyl (C=O) groups excluding carboxylic acids is 1. The summed E-state index contributed by atoms with van der Waals surface area (Å²) in [4.78, 5) is 19.2. The van der Waals surface area contributed by atoms with E-state index >= 15 is 0 Å². The molecule has 1 aliphatic rings. The number of nitrogens with zero attached hydrogens (tertiary/aromatic N) is 3.